The maximum absolute atomic E-state index is 12.5. The fourth-order valence-electron chi connectivity index (χ4n) is 2.59. The zero-order chi connectivity index (χ0) is 20.1. The lowest BCUT2D eigenvalue weighted by Gasteiger charge is -2.10. The fraction of sp³-hybridized carbons (Fsp3) is 0.100. The standard InChI is InChI=1S/C20H17N3O5/c1-28-18-9-5-16(6-10-18)21-20(25)15-4-11-19(24)22(13-15)12-14-2-7-17(8-3-14)23(26)27/h2-11,13H,12H2,1H3,(H,21,25). The molecule has 0 aliphatic heterocycles. The third-order valence-corrected chi connectivity index (χ3v) is 4.09. The fourth-order valence-corrected chi connectivity index (χ4v) is 2.59. The number of methoxy groups -OCH3 is 1. The molecular formula is C20H17N3O5. The second kappa shape index (κ2) is 8.17. The van der Waals surface area contributed by atoms with Crippen LogP contribution in [-0.4, -0.2) is 22.5 Å². The summed E-state index contributed by atoms with van der Waals surface area (Å²) in [6, 6.07) is 15.6. The Hall–Kier alpha value is -3.94. The average molecular weight is 379 g/mol. The molecule has 0 fully saturated rings. The Kier molecular flexibility index (Phi) is 5.50. The highest BCUT2D eigenvalue weighted by atomic mass is 16.6. The van der Waals surface area contributed by atoms with Gasteiger partial charge in [-0.05, 0) is 35.9 Å². The number of amides is 1. The van der Waals surface area contributed by atoms with Crippen LogP contribution in [-0.2, 0) is 6.54 Å². The van der Waals surface area contributed by atoms with E-state index < -0.39 is 4.92 Å². The number of anilines is 1. The molecule has 0 bridgehead atoms. The van der Waals surface area contributed by atoms with E-state index in [1.165, 1.54) is 35.0 Å². The third-order valence-electron chi connectivity index (χ3n) is 4.09. The molecule has 142 valence electrons. The molecule has 28 heavy (non-hydrogen) atoms. The minimum atomic E-state index is -0.486. The van der Waals surface area contributed by atoms with Crippen molar-refractivity contribution in [2.45, 2.75) is 6.54 Å². The Bertz CT molecular complexity index is 1060. The Morgan fingerprint density at radius 2 is 1.75 bits per heavy atom. The molecule has 1 amide bonds. The van der Waals surface area contributed by atoms with E-state index in [0.717, 1.165) is 0 Å². The molecule has 0 saturated heterocycles. The van der Waals surface area contributed by atoms with E-state index in [9.17, 15) is 19.7 Å². The van der Waals surface area contributed by atoms with Gasteiger partial charge < -0.3 is 14.6 Å². The van der Waals surface area contributed by atoms with Gasteiger partial charge in [-0.1, -0.05) is 12.1 Å². The Balaban J connectivity index is 1.77. The molecule has 1 aromatic heterocycles. The molecule has 3 rings (SSSR count). The van der Waals surface area contributed by atoms with Crippen molar-refractivity contribution in [3.63, 3.8) is 0 Å². The van der Waals surface area contributed by atoms with Crippen LogP contribution in [0.2, 0.25) is 0 Å². The van der Waals surface area contributed by atoms with Gasteiger partial charge in [0, 0.05) is 30.1 Å². The Morgan fingerprint density at radius 3 is 2.36 bits per heavy atom. The molecule has 8 heteroatoms. The number of nitrogens with zero attached hydrogens (tertiary/aromatic N) is 2. The molecule has 0 radical (unpaired) electrons. The van der Waals surface area contributed by atoms with E-state index in [1.807, 2.05) is 0 Å². The van der Waals surface area contributed by atoms with Crippen molar-refractivity contribution >= 4 is 17.3 Å². The number of carbonyl (C=O) groups is 1. The van der Waals surface area contributed by atoms with E-state index in [2.05, 4.69) is 5.32 Å². The quantitative estimate of drug-likeness (QED) is 0.524. The second-order valence-corrected chi connectivity index (χ2v) is 5.99. The number of hydrogen-bond donors (Lipinski definition) is 1. The minimum Gasteiger partial charge on any atom is -0.497 e. The molecule has 0 aliphatic rings. The zero-order valence-electron chi connectivity index (χ0n) is 15.0. The molecule has 1 heterocycles. The predicted octanol–water partition coefficient (Wildman–Crippen LogP) is 3.07. The van der Waals surface area contributed by atoms with Crippen LogP contribution < -0.4 is 15.6 Å². The number of carbonyl (C=O) groups excluding carboxylic acids is 1. The van der Waals surface area contributed by atoms with Gasteiger partial charge in [-0.3, -0.25) is 19.7 Å². The van der Waals surface area contributed by atoms with Crippen LogP contribution in [0.4, 0.5) is 11.4 Å². The Labute approximate surface area is 160 Å². The van der Waals surface area contributed by atoms with Gasteiger partial charge in [0.2, 0.25) is 0 Å². The highest BCUT2D eigenvalue weighted by molar-refractivity contribution is 6.04. The zero-order valence-corrected chi connectivity index (χ0v) is 15.0. The number of rotatable bonds is 6. The first kappa shape index (κ1) is 18.8. The number of nitro benzene ring substituents is 1. The van der Waals surface area contributed by atoms with Gasteiger partial charge >= 0.3 is 0 Å². The van der Waals surface area contributed by atoms with Gasteiger partial charge in [-0.15, -0.1) is 0 Å². The number of nitro groups is 1. The van der Waals surface area contributed by atoms with E-state index >= 15 is 0 Å². The molecule has 0 aliphatic carbocycles. The van der Waals surface area contributed by atoms with Crippen molar-refractivity contribution in [3.05, 3.63) is 98.5 Å². The summed E-state index contributed by atoms with van der Waals surface area (Å²) in [4.78, 5) is 34.8. The number of nitrogens with one attached hydrogen (secondary N) is 1. The molecule has 0 unspecified atom stereocenters. The van der Waals surface area contributed by atoms with Crippen LogP contribution in [0.3, 0.4) is 0 Å². The third kappa shape index (κ3) is 4.42. The van der Waals surface area contributed by atoms with Crippen LogP contribution in [0.15, 0.2) is 71.7 Å². The minimum absolute atomic E-state index is 0.0243. The molecule has 0 saturated carbocycles. The van der Waals surface area contributed by atoms with Gasteiger partial charge in [0.25, 0.3) is 17.2 Å². The second-order valence-electron chi connectivity index (χ2n) is 5.99. The smallest absolute Gasteiger partial charge is 0.269 e. The van der Waals surface area contributed by atoms with Crippen LogP contribution in [0.25, 0.3) is 0 Å². The van der Waals surface area contributed by atoms with Gasteiger partial charge in [0.1, 0.15) is 5.75 Å². The Morgan fingerprint density at radius 1 is 1.07 bits per heavy atom. The average Bonchev–Trinajstić information content (AvgIpc) is 2.70. The van der Waals surface area contributed by atoms with Gasteiger partial charge in [-0.25, -0.2) is 0 Å². The maximum atomic E-state index is 12.5. The van der Waals surface area contributed by atoms with Crippen molar-refractivity contribution in [2.24, 2.45) is 0 Å². The summed E-state index contributed by atoms with van der Waals surface area (Å²) in [5, 5.41) is 13.5. The first-order valence-electron chi connectivity index (χ1n) is 8.35. The number of ether oxygens (including phenoxy) is 1. The lowest BCUT2D eigenvalue weighted by molar-refractivity contribution is -0.384. The molecule has 1 N–H and O–H groups in total. The van der Waals surface area contributed by atoms with E-state index in [-0.39, 0.29) is 23.7 Å². The number of pyridine rings is 1. The number of aromatic nitrogens is 1. The van der Waals surface area contributed by atoms with Gasteiger partial charge in [-0.2, -0.15) is 0 Å². The van der Waals surface area contributed by atoms with Crippen molar-refractivity contribution < 1.29 is 14.5 Å². The molecule has 0 spiro atoms. The van der Waals surface area contributed by atoms with E-state index in [0.29, 0.717) is 22.6 Å². The summed E-state index contributed by atoms with van der Waals surface area (Å²) in [6.45, 7) is 0.195. The first-order chi connectivity index (χ1) is 13.5. The maximum Gasteiger partial charge on any atom is 0.269 e. The summed E-state index contributed by atoms with van der Waals surface area (Å²) in [6.07, 6.45) is 1.46. The summed E-state index contributed by atoms with van der Waals surface area (Å²) in [5.41, 5.74) is 1.32. The predicted molar refractivity (Wildman–Crippen MR) is 104 cm³/mol. The summed E-state index contributed by atoms with van der Waals surface area (Å²) >= 11 is 0. The monoisotopic (exact) mass is 379 g/mol. The van der Waals surface area contributed by atoms with Crippen LogP contribution in [0, 0.1) is 10.1 Å². The van der Waals surface area contributed by atoms with Crippen LogP contribution in [0.5, 0.6) is 5.75 Å². The molecule has 8 nitrogen and oxygen atoms in total. The number of hydrogen-bond acceptors (Lipinski definition) is 5. The van der Waals surface area contributed by atoms with Crippen molar-refractivity contribution in [1.29, 1.82) is 0 Å². The van der Waals surface area contributed by atoms with Crippen molar-refractivity contribution in [3.8, 4) is 5.75 Å². The van der Waals surface area contributed by atoms with Gasteiger partial charge in [0.05, 0.1) is 24.1 Å². The van der Waals surface area contributed by atoms with Crippen LogP contribution >= 0.6 is 0 Å². The normalized spacial score (nSPS) is 10.3. The van der Waals surface area contributed by atoms with E-state index in [4.69, 9.17) is 4.74 Å². The van der Waals surface area contributed by atoms with Crippen LogP contribution in [0.1, 0.15) is 15.9 Å². The lowest BCUT2D eigenvalue weighted by atomic mass is 10.2. The topological polar surface area (TPSA) is 103 Å². The SMILES string of the molecule is COc1ccc(NC(=O)c2ccc(=O)n(Cc3ccc([N+](=O)[O-])cc3)c2)cc1. The lowest BCUT2D eigenvalue weighted by Crippen LogP contribution is -2.22. The summed E-state index contributed by atoms with van der Waals surface area (Å²) in [5.74, 6) is 0.317. The van der Waals surface area contributed by atoms with E-state index in [1.54, 1.807) is 43.5 Å². The highest BCUT2D eigenvalue weighted by Gasteiger charge is 2.10. The first-order valence-corrected chi connectivity index (χ1v) is 8.35. The molecular weight excluding hydrogens is 362 g/mol. The number of non-ortho nitro benzene ring substituents is 1. The highest BCUT2D eigenvalue weighted by Crippen LogP contribution is 2.16. The number of benzene rings is 2. The largest absolute Gasteiger partial charge is 0.497 e. The summed E-state index contributed by atoms with van der Waals surface area (Å²) in [7, 11) is 1.56. The molecule has 2 aromatic carbocycles. The molecule has 3 aromatic rings. The van der Waals surface area contributed by atoms with Gasteiger partial charge in [0.15, 0.2) is 0 Å². The van der Waals surface area contributed by atoms with Crippen molar-refractivity contribution in [1.82, 2.24) is 4.57 Å². The van der Waals surface area contributed by atoms with Crippen molar-refractivity contribution in [2.75, 3.05) is 12.4 Å². The molecule has 0 atom stereocenters. The summed E-state index contributed by atoms with van der Waals surface area (Å²) < 4.78 is 6.46.